The molecule has 2 aliphatic rings. The van der Waals surface area contributed by atoms with E-state index in [2.05, 4.69) is 15.9 Å². The summed E-state index contributed by atoms with van der Waals surface area (Å²) < 4.78 is 5.79. The van der Waals surface area contributed by atoms with E-state index in [1.165, 1.54) is 6.42 Å². The minimum atomic E-state index is -0.313. The van der Waals surface area contributed by atoms with Gasteiger partial charge in [-0.2, -0.15) is 0 Å². The van der Waals surface area contributed by atoms with Gasteiger partial charge in [0.2, 0.25) is 0 Å². The van der Waals surface area contributed by atoms with E-state index in [9.17, 15) is 4.79 Å². The first-order valence-electron chi connectivity index (χ1n) is 6.87. The molecule has 2 unspecified atom stereocenters. The van der Waals surface area contributed by atoms with Gasteiger partial charge in [0.15, 0.2) is 6.10 Å². The molecule has 1 fully saturated rings. The van der Waals surface area contributed by atoms with E-state index in [-0.39, 0.29) is 12.0 Å². The van der Waals surface area contributed by atoms with Crippen LogP contribution in [0.4, 0.5) is 0 Å². The molecule has 2 aliphatic heterocycles. The number of fused-ring (bicyclic) bond motifs is 1. The van der Waals surface area contributed by atoms with Crippen LogP contribution < -0.4 is 4.74 Å². The van der Waals surface area contributed by atoms with Gasteiger partial charge in [-0.25, -0.2) is 0 Å². The fourth-order valence-corrected chi connectivity index (χ4v) is 3.44. The van der Waals surface area contributed by atoms with Crippen molar-refractivity contribution in [2.75, 3.05) is 18.4 Å². The topological polar surface area (TPSA) is 29.5 Å². The number of ether oxygens (including phenoxy) is 1. The zero-order valence-electron chi connectivity index (χ0n) is 10.8. The quantitative estimate of drug-likeness (QED) is 0.783. The molecule has 3 rings (SSSR count). The molecule has 1 aromatic carbocycles. The summed E-state index contributed by atoms with van der Waals surface area (Å²) >= 11 is 3.53. The summed E-state index contributed by atoms with van der Waals surface area (Å²) in [4.78, 5) is 14.5. The smallest absolute Gasteiger partial charge is 0.264 e. The SMILES string of the molecule is O=C(C1Cc2ccccc2O1)N1CCCC(CBr)C1. The monoisotopic (exact) mass is 323 g/mol. The van der Waals surface area contributed by atoms with Crippen molar-refractivity contribution >= 4 is 21.8 Å². The Kier molecular flexibility index (Phi) is 3.78. The van der Waals surface area contributed by atoms with Crippen LogP contribution in [0.2, 0.25) is 0 Å². The van der Waals surface area contributed by atoms with Crippen molar-refractivity contribution in [2.24, 2.45) is 5.92 Å². The van der Waals surface area contributed by atoms with Crippen molar-refractivity contribution in [1.29, 1.82) is 0 Å². The van der Waals surface area contributed by atoms with Crippen LogP contribution in [0.3, 0.4) is 0 Å². The molecule has 1 aromatic rings. The average Bonchev–Trinajstić information content (AvgIpc) is 2.90. The van der Waals surface area contributed by atoms with Crippen molar-refractivity contribution in [3.05, 3.63) is 29.8 Å². The number of hydrogen-bond acceptors (Lipinski definition) is 2. The van der Waals surface area contributed by atoms with E-state index in [0.717, 1.165) is 36.2 Å². The Morgan fingerprint density at radius 2 is 2.26 bits per heavy atom. The van der Waals surface area contributed by atoms with Crippen molar-refractivity contribution in [1.82, 2.24) is 4.90 Å². The van der Waals surface area contributed by atoms with Crippen LogP contribution in [0, 0.1) is 5.92 Å². The number of halogens is 1. The lowest BCUT2D eigenvalue weighted by Crippen LogP contribution is -2.46. The van der Waals surface area contributed by atoms with Crippen LogP contribution in [0.25, 0.3) is 0 Å². The maximum Gasteiger partial charge on any atom is 0.264 e. The summed E-state index contributed by atoms with van der Waals surface area (Å²) in [6.45, 7) is 1.73. The molecule has 1 amide bonds. The molecule has 0 bridgehead atoms. The summed E-state index contributed by atoms with van der Waals surface area (Å²) in [7, 11) is 0. The van der Waals surface area contributed by atoms with Crippen molar-refractivity contribution in [3.63, 3.8) is 0 Å². The number of para-hydroxylation sites is 1. The third-order valence-electron chi connectivity index (χ3n) is 3.97. The Labute approximate surface area is 122 Å². The standard InChI is InChI=1S/C15H18BrNO2/c16-9-11-4-3-7-17(10-11)15(18)14-8-12-5-1-2-6-13(12)19-14/h1-2,5-6,11,14H,3-4,7-10H2. The Balaban J connectivity index is 1.66. The molecule has 0 aromatic heterocycles. The largest absolute Gasteiger partial charge is 0.480 e. The fraction of sp³-hybridized carbons (Fsp3) is 0.533. The zero-order valence-corrected chi connectivity index (χ0v) is 12.4. The number of piperidine rings is 1. The number of carbonyl (C=O) groups excluding carboxylic acids is 1. The highest BCUT2D eigenvalue weighted by Gasteiger charge is 2.34. The van der Waals surface area contributed by atoms with E-state index in [4.69, 9.17) is 4.74 Å². The summed E-state index contributed by atoms with van der Waals surface area (Å²) in [6.07, 6.45) is 2.71. The fourth-order valence-electron chi connectivity index (χ4n) is 2.91. The number of likely N-dealkylation sites (tertiary alicyclic amines) is 1. The van der Waals surface area contributed by atoms with E-state index >= 15 is 0 Å². The third-order valence-corrected chi connectivity index (χ3v) is 4.89. The molecule has 2 heterocycles. The van der Waals surface area contributed by atoms with Gasteiger partial charge in [-0.1, -0.05) is 34.1 Å². The van der Waals surface area contributed by atoms with Gasteiger partial charge in [-0.15, -0.1) is 0 Å². The van der Waals surface area contributed by atoms with Crippen LogP contribution in [0.15, 0.2) is 24.3 Å². The predicted molar refractivity (Wildman–Crippen MR) is 77.7 cm³/mol. The number of amides is 1. The van der Waals surface area contributed by atoms with E-state index in [1.54, 1.807) is 0 Å². The molecule has 102 valence electrons. The third kappa shape index (κ3) is 2.64. The first-order valence-corrected chi connectivity index (χ1v) is 7.99. The van der Waals surface area contributed by atoms with Crippen molar-refractivity contribution < 1.29 is 9.53 Å². The zero-order chi connectivity index (χ0) is 13.2. The highest BCUT2D eigenvalue weighted by atomic mass is 79.9. The van der Waals surface area contributed by atoms with Gasteiger partial charge in [0, 0.05) is 24.8 Å². The normalized spacial score (nSPS) is 25.8. The van der Waals surface area contributed by atoms with Gasteiger partial charge in [0.1, 0.15) is 5.75 Å². The lowest BCUT2D eigenvalue weighted by atomic mass is 9.99. The maximum atomic E-state index is 12.5. The van der Waals surface area contributed by atoms with Gasteiger partial charge in [0.25, 0.3) is 5.91 Å². The second-order valence-electron chi connectivity index (χ2n) is 5.37. The molecule has 0 N–H and O–H groups in total. The molecule has 4 heteroatoms. The number of rotatable bonds is 2. The Bertz CT molecular complexity index is 452. The van der Waals surface area contributed by atoms with Crippen molar-refractivity contribution in [3.8, 4) is 5.75 Å². The summed E-state index contributed by atoms with van der Waals surface area (Å²) in [5, 5.41) is 0.975. The molecule has 2 atom stereocenters. The molecule has 0 radical (unpaired) electrons. The lowest BCUT2D eigenvalue weighted by molar-refractivity contribution is -0.139. The predicted octanol–water partition coefficient (Wildman–Crippen LogP) is 2.62. The Morgan fingerprint density at radius 1 is 1.42 bits per heavy atom. The Hall–Kier alpha value is -1.03. The number of benzene rings is 1. The van der Waals surface area contributed by atoms with E-state index < -0.39 is 0 Å². The second-order valence-corrected chi connectivity index (χ2v) is 6.01. The van der Waals surface area contributed by atoms with Gasteiger partial charge in [0.05, 0.1) is 0 Å². The van der Waals surface area contributed by atoms with Gasteiger partial charge in [-0.3, -0.25) is 4.79 Å². The maximum absolute atomic E-state index is 12.5. The molecule has 1 saturated heterocycles. The van der Waals surface area contributed by atoms with E-state index in [0.29, 0.717) is 12.3 Å². The van der Waals surface area contributed by atoms with Crippen LogP contribution in [-0.4, -0.2) is 35.3 Å². The van der Waals surface area contributed by atoms with Crippen LogP contribution in [-0.2, 0) is 11.2 Å². The van der Waals surface area contributed by atoms with Crippen molar-refractivity contribution in [2.45, 2.75) is 25.4 Å². The number of hydrogen-bond donors (Lipinski definition) is 0. The Morgan fingerprint density at radius 3 is 3.05 bits per heavy atom. The second kappa shape index (κ2) is 5.53. The molecular formula is C15H18BrNO2. The molecule has 0 aliphatic carbocycles. The van der Waals surface area contributed by atoms with Crippen LogP contribution in [0.1, 0.15) is 18.4 Å². The lowest BCUT2D eigenvalue weighted by Gasteiger charge is -2.33. The molecule has 0 saturated carbocycles. The highest BCUT2D eigenvalue weighted by Crippen LogP contribution is 2.30. The first kappa shape index (κ1) is 13.0. The minimum Gasteiger partial charge on any atom is -0.480 e. The summed E-state index contributed by atoms with van der Waals surface area (Å²) in [5.74, 6) is 1.61. The van der Waals surface area contributed by atoms with Gasteiger partial charge < -0.3 is 9.64 Å². The summed E-state index contributed by atoms with van der Waals surface area (Å²) in [6, 6.07) is 7.93. The molecule has 0 spiro atoms. The number of alkyl halides is 1. The average molecular weight is 324 g/mol. The molecule has 3 nitrogen and oxygen atoms in total. The van der Waals surface area contributed by atoms with Crippen LogP contribution in [0.5, 0.6) is 5.75 Å². The molecular weight excluding hydrogens is 306 g/mol. The minimum absolute atomic E-state index is 0.154. The number of carbonyl (C=O) groups is 1. The summed E-state index contributed by atoms with van der Waals surface area (Å²) in [5.41, 5.74) is 1.15. The number of nitrogens with zero attached hydrogens (tertiary/aromatic N) is 1. The van der Waals surface area contributed by atoms with Gasteiger partial charge in [-0.05, 0) is 30.4 Å². The van der Waals surface area contributed by atoms with Crippen LogP contribution >= 0.6 is 15.9 Å². The van der Waals surface area contributed by atoms with E-state index in [1.807, 2.05) is 29.2 Å². The first-order chi connectivity index (χ1) is 9.28. The van der Waals surface area contributed by atoms with Gasteiger partial charge >= 0.3 is 0 Å². The molecule has 19 heavy (non-hydrogen) atoms. The highest BCUT2D eigenvalue weighted by molar-refractivity contribution is 9.09.